The summed E-state index contributed by atoms with van der Waals surface area (Å²) in [6.07, 6.45) is -0.749. The van der Waals surface area contributed by atoms with Crippen LogP contribution in [0, 0.1) is 13.8 Å². The molecule has 0 radical (unpaired) electrons. The SMILES string of the molecule is Cc1c(OCCCCN(C)C)ccc([C@H](C)N2C[C@H]3C[C@@H]2CN3C(=O)c2ccc(C(F)(F)F)cn2)c1C. The fourth-order valence-corrected chi connectivity index (χ4v) is 5.57. The van der Waals surface area contributed by atoms with Crippen molar-refractivity contribution in [2.45, 2.75) is 64.3 Å². The van der Waals surface area contributed by atoms with E-state index in [9.17, 15) is 18.0 Å². The zero-order valence-corrected chi connectivity index (χ0v) is 22.3. The van der Waals surface area contributed by atoms with Gasteiger partial charge in [0.25, 0.3) is 5.91 Å². The number of nitrogens with zero attached hydrogens (tertiary/aromatic N) is 4. The second-order valence-electron chi connectivity index (χ2n) is 10.6. The van der Waals surface area contributed by atoms with Gasteiger partial charge in [0, 0.05) is 37.4 Å². The van der Waals surface area contributed by atoms with E-state index in [0.29, 0.717) is 13.2 Å². The number of carbonyl (C=O) groups is 1. The lowest BCUT2D eigenvalue weighted by atomic mass is 9.96. The highest BCUT2D eigenvalue weighted by atomic mass is 19.4. The van der Waals surface area contributed by atoms with Gasteiger partial charge in [-0.1, -0.05) is 6.07 Å². The van der Waals surface area contributed by atoms with Crippen molar-refractivity contribution < 1.29 is 22.7 Å². The Morgan fingerprint density at radius 1 is 1.11 bits per heavy atom. The first-order valence-electron chi connectivity index (χ1n) is 12.9. The Bertz CT molecular complexity index is 1100. The van der Waals surface area contributed by atoms with Crippen LogP contribution in [0.25, 0.3) is 0 Å². The van der Waals surface area contributed by atoms with Crippen molar-refractivity contribution in [1.29, 1.82) is 0 Å². The second-order valence-corrected chi connectivity index (χ2v) is 10.6. The Morgan fingerprint density at radius 3 is 2.46 bits per heavy atom. The molecule has 0 unspecified atom stereocenters. The van der Waals surface area contributed by atoms with Crippen molar-refractivity contribution in [3.63, 3.8) is 0 Å². The number of pyridine rings is 1. The van der Waals surface area contributed by atoms with Crippen LogP contribution < -0.4 is 4.74 Å². The summed E-state index contributed by atoms with van der Waals surface area (Å²) in [5.74, 6) is 0.634. The van der Waals surface area contributed by atoms with E-state index in [1.54, 1.807) is 4.90 Å². The molecule has 2 saturated heterocycles. The first-order valence-corrected chi connectivity index (χ1v) is 12.9. The molecule has 2 aliphatic heterocycles. The molecule has 0 spiro atoms. The largest absolute Gasteiger partial charge is 0.493 e. The molecule has 0 aliphatic carbocycles. The maximum absolute atomic E-state index is 13.0. The third kappa shape index (κ3) is 5.93. The maximum Gasteiger partial charge on any atom is 0.417 e. The van der Waals surface area contributed by atoms with Crippen LogP contribution in [0.2, 0.25) is 0 Å². The number of piperazine rings is 1. The lowest BCUT2D eigenvalue weighted by Gasteiger charge is -2.38. The van der Waals surface area contributed by atoms with Gasteiger partial charge in [0.1, 0.15) is 11.4 Å². The normalized spacial score (nSPS) is 20.6. The second kappa shape index (κ2) is 11.0. The molecular weight excluding hydrogens is 481 g/mol. The molecule has 2 aromatic rings. The average Bonchev–Trinajstić information content (AvgIpc) is 3.46. The maximum atomic E-state index is 13.0. The number of fused-ring (bicyclic) bond motifs is 2. The van der Waals surface area contributed by atoms with Crippen molar-refractivity contribution in [2.24, 2.45) is 0 Å². The van der Waals surface area contributed by atoms with Crippen LogP contribution in [-0.2, 0) is 6.18 Å². The summed E-state index contributed by atoms with van der Waals surface area (Å²) in [6.45, 7) is 9.50. The Labute approximate surface area is 217 Å². The van der Waals surface area contributed by atoms with E-state index in [4.69, 9.17) is 4.74 Å². The molecule has 1 aromatic heterocycles. The third-order valence-electron chi connectivity index (χ3n) is 7.84. The van der Waals surface area contributed by atoms with E-state index in [-0.39, 0.29) is 29.7 Å². The number of benzene rings is 1. The number of alkyl halides is 3. The standard InChI is InChI=1S/C28H37F3N4O2/c1-18-19(2)26(37-13-7-6-12-33(4)5)11-9-24(18)20(3)34-16-23-14-22(34)17-35(23)27(36)25-10-8-21(15-32-25)28(29,30)31/h8-11,15,20,22-23H,6-7,12-14,16-17H2,1-5H3/t20-,22+,23+/m0/s1. The third-order valence-corrected chi connectivity index (χ3v) is 7.84. The summed E-state index contributed by atoms with van der Waals surface area (Å²) in [5.41, 5.74) is 2.85. The minimum absolute atomic E-state index is 0.0372. The number of unbranched alkanes of at least 4 members (excludes halogenated alkanes) is 1. The quantitative estimate of drug-likeness (QED) is 0.433. The summed E-state index contributed by atoms with van der Waals surface area (Å²) < 4.78 is 44.6. The van der Waals surface area contributed by atoms with Gasteiger partial charge in [-0.2, -0.15) is 13.2 Å². The number of aromatic nitrogens is 1. The smallest absolute Gasteiger partial charge is 0.417 e. The fourth-order valence-electron chi connectivity index (χ4n) is 5.57. The highest BCUT2D eigenvalue weighted by Crippen LogP contribution is 2.39. The van der Waals surface area contributed by atoms with Crippen LogP contribution in [0.1, 0.15) is 65.0 Å². The molecule has 6 nitrogen and oxygen atoms in total. The van der Waals surface area contributed by atoms with Crippen LogP contribution >= 0.6 is 0 Å². The van der Waals surface area contributed by atoms with E-state index in [1.165, 1.54) is 17.2 Å². The fraction of sp³-hybridized carbons (Fsp3) is 0.571. The van der Waals surface area contributed by atoms with Gasteiger partial charge >= 0.3 is 6.18 Å². The molecule has 4 rings (SSSR count). The average molecular weight is 519 g/mol. The van der Waals surface area contributed by atoms with Gasteiger partial charge < -0.3 is 14.5 Å². The summed E-state index contributed by atoms with van der Waals surface area (Å²) in [4.78, 5) is 23.2. The number of likely N-dealkylation sites (tertiary alicyclic amines) is 2. The molecule has 1 aromatic carbocycles. The number of halogens is 3. The van der Waals surface area contributed by atoms with Crippen LogP contribution in [0.15, 0.2) is 30.5 Å². The molecule has 0 N–H and O–H groups in total. The number of amides is 1. The van der Waals surface area contributed by atoms with Gasteiger partial charge in [-0.25, -0.2) is 0 Å². The van der Waals surface area contributed by atoms with Gasteiger partial charge in [0.2, 0.25) is 0 Å². The van der Waals surface area contributed by atoms with Crippen molar-refractivity contribution in [1.82, 2.24) is 19.7 Å². The molecule has 1 amide bonds. The summed E-state index contributed by atoms with van der Waals surface area (Å²) >= 11 is 0. The van der Waals surface area contributed by atoms with E-state index >= 15 is 0 Å². The molecule has 0 saturated carbocycles. The van der Waals surface area contributed by atoms with Crippen LogP contribution in [0.3, 0.4) is 0 Å². The minimum Gasteiger partial charge on any atom is -0.493 e. The predicted octanol–water partition coefficient (Wildman–Crippen LogP) is 5.10. The number of rotatable bonds is 9. The van der Waals surface area contributed by atoms with Crippen LogP contribution in [0.4, 0.5) is 13.2 Å². The first kappa shape index (κ1) is 27.4. The molecule has 2 aliphatic rings. The lowest BCUT2D eigenvalue weighted by molar-refractivity contribution is -0.137. The van der Waals surface area contributed by atoms with Crippen molar-refractivity contribution in [2.75, 3.05) is 40.3 Å². The van der Waals surface area contributed by atoms with Gasteiger partial charge in [0.05, 0.1) is 12.2 Å². The highest BCUT2D eigenvalue weighted by molar-refractivity contribution is 5.93. The lowest BCUT2D eigenvalue weighted by Crippen LogP contribution is -2.49. The van der Waals surface area contributed by atoms with Crippen molar-refractivity contribution in [3.05, 3.63) is 58.4 Å². The topological polar surface area (TPSA) is 48.9 Å². The van der Waals surface area contributed by atoms with E-state index in [0.717, 1.165) is 55.9 Å². The van der Waals surface area contributed by atoms with E-state index in [2.05, 4.69) is 61.8 Å². The van der Waals surface area contributed by atoms with E-state index in [1.807, 2.05) is 0 Å². The highest BCUT2D eigenvalue weighted by Gasteiger charge is 2.47. The van der Waals surface area contributed by atoms with Crippen LogP contribution in [0.5, 0.6) is 5.75 Å². The number of ether oxygens (including phenoxy) is 1. The van der Waals surface area contributed by atoms with Gasteiger partial charge in [0.15, 0.2) is 0 Å². The number of hydrogen-bond donors (Lipinski definition) is 0. The number of carbonyl (C=O) groups excluding carboxylic acids is 1. The molecule has 37 heavy (non-hydrogen) atoms. The number of hydrogen-bond acceptors (Lipinski definition) is 5. The molecule has 2 fully saturated rings. The Balaban J connectivity index is 1.36. The zero-order valence-electron chi connectivity index (χ0n) is 22.3. The van der Waals surface area contributed by atoms with Crippen LogP contribution in [-0.4, -0.2) is 78.0 Å². The molecule has 9 heteroatoms. The van der Waals surface area contributed by atoms with Gasteiger partial charge in [-0.15, -0.1) is 0 Å². The summed E-state index contributed by atoms with van der Waals surface area (Å²) in [7, 11) is 4.15. The Morgan fingerprint density at radius 2 is 1.86 bits per heavy atom. The molecular formula is C28H37F3N4O2. The zero-order chi connectivity index (χ0) is 26.9. The Hall–Kier alpha value is -2.65. The van der Waals surface area contributed by atoms with E-state index < -0.39 is 11.7 Å². The Kier molecular flexibility index (Phi) is 8.14. The molecule has 202 valence electrons. The predicted molar refractivity (Wildman–Crippen MR) is 137 cm³/mol. The van der Waals surface area contributed by atoms with Gasteiger partial charge in [-0.3, -0.25) is 14.7 Å². The van der Waals surface area contributed by atoms with Crippen molar-refractivity contribution in [3.8, 4) is 5.75 Å². The first-order chi connectivity index (χ1) is 17.5. The summed E-state index contributed by atoms with van der Waals surface area (Å²) in [5, 5.41) is 0. The summed E-state index contributed by atoms with van der Waals surface area (Å²) in [6, 6.07) is 6.76. The molecule has 2 bridgehead atoms. The van der Waals surface area contributed by atoms with Crippen molar-refractivity contribution >= 4 is 5.91 Å². The minimum atomic E-state index is -4.47. The molecule has 3 heterocycles. The van der Waals surface area contributed by atoms with Gasteiger partial charge in [-0.05, 0) is 95.6 Å². The monoisotopic (exact) mass is 518 g/mol. The molecule has 3 atom stereocenters.